The van der Waals surface area contributed by atoms with E-state index in [0.29, 0.717) is 57.6 Å². The third-order valence-corrected chi connectivity index (χ3v) is 22.9. The monoisotopic (exact) mass is 1390 g/mol. The Bertz CT molecular complexity index is 2530. The third-order valence-electron chi connectivity index (χ3n) is 12.9. The van der Waals surface area contributed by atoms with Crippen molar-refractivity contribution in [3.63, 3.8) is 0 Å². The number of aryl methyl sites for hydroxylation is 9. The van der Waals surface area contributed by atoms with Crippen LogP contribution in [0.1, 0.15) is 165 Å². The van der Waals surface area contributed by atoms with Gasteiger partial charge in [0.05, 0.1) is 11.4 Å². The predicted octanol–water partition coefficient (Wildman–Crippen LogP) is 23.3. The fraction of sp³-hybridized carbons (Fsp3) is 0.433. The number of hydrogen-bond acceptors (Lipinski definition) is 4. The Morgan fingerprint density at radius 3 is 0.851 bits per heavy atom. The molecular formula is C60H78Cl8I2N4. The van der Waals surface area contributed by atoms with E-state index in [2.05, 4.69) is 217 Å². The molecule has 0 unspecified atom stereocenters. The van der Waals surface area contributed by atoms with E-state index in [4.69, 9.17) is 82.0 Å². The first-order valence-electron chi connectivity index (χ1n) is 25.3. The molecule has 0 spiro atoms. The Morgan fingerprint density at radius 2 is 0.649 bits per heavy atom. The van der Waals surface area contributed by atoms with Crippen molar-refractivity contribution in [2.24, 2.45) is 0 Å². The minimum Gasteiger partial charge on any atom is -0.310 e. The van der Waals surface area contributed by atoms with Gasteiger partial charge < -0.3 is 19.6 Å². The quantitative estimate of drug-likeness (QED) is 0.0742. The number of para-hydroxylation sites is 2. The molecule has 0 aliphatic carbocycles. The summed E-state index contributed by atoms with van der Waals surface area (Å²) in [6.07, 6.45) is 1.14. The summed E-state index contributed by atoms with van der Waals surface area (Å²) in [5.41, 5.74) is 21.0. The van der Waals surface area contributed by atoms with Crippen molar-refractivity contribution in [2.75, 3.05) is 37.4 Å². The summed E-state index contributed by atoms with van der Waals surface area (Å²) in [5.74, 6) is 1.56. The standard InChI is InChI=1S/C27H36Cl2N2.C21H24Cl2N2.C9H11Cl2I.C3H7Cl2I/c1-16(2)20-11-9-12-21(17(3)4)24(20)30-15-31(27(29)26(30)28)25-22(18(5)6)13-10-14-23(25)19(7)8;1-12-7-14(3)18(15(4)8-12)24-11-25(21(23)20(24)22)19-16(5)9-13(2)10-17(19)6;1-6-4-7(2)9(12(10)11)8(3)5-6;1-2-3-6(4)5/h9-14,16-19H,15H2,1-8H3;7-10H,11H2,1-6H3;4-5H,1-3H3;2-3H2,1H3. The molecule has 2 aliphatic rings. The molecule has 14 heteroatoms. The van der Waals surface area contributed by atoms with Crippen LogP contribution in [-0.4, -0.2) is 17.8 Å². The maximum atomic E-state index is 6.96. The molecule has 0 saturated heterocycles. The van der Waals surface area contributed by atoms with Crippen molar-refractivity contribution in [1.82, 2.24) is 0 Å². The zero-order valence-electron chi connectivity index (χ0n) is 46.6. The van der Waals surface area contributed by atoms with Gasteiger partial charge in [0.15, 0.2) is 0 Å². The van der Waals surface area contributed by atoms with Gasteiger partial charge in [-0.25, -0.2) is 0 Å². The summed E-state index contributed by atoms with van der Waals surface area (Å²) >= 11 is 24.0. The Kier molecular flexibility index (Phi) is 25.6. The SMILES string of the molecule is CC(C)c1cccc(C(C)C)c1N1CN(c2c(C(C)C)cccc2C(C)C)C(Cl)=C1Cl.CCCI(Cl)Cl.Cc1cc(C)c(I(Cl)Cl)c(C)c1.Cc1cc(C)c(N2CN(c3c(C)cc(C)cc3C)C(Cl)=C2Cl)c(C)c1. The van der Waals surface area contributed by atoms with Gasteiger partial charge in [-0.1, -0.05) is 174 Å². The molecule has 4 nitrogen and oxygen atoms in total. The van der Waals surface area contributed by atoms with Gasteiger partial charge in [-0.2, -0.15) is 0 Å². The second-order valence-electron chi connectivity index (χ2n) is 20.7. The topological polar surface area (TPSA) is 13.0 Å². The third kappa shape index (κ3) is 16.1. The van der Waals surface area contributed by atoms with Gasteiger partial charge in [0.1, 0.15) is 34.0 Å². The van der Waals surface area contributed by atoms with Crippen LogP contribution < -0.4 is 19.6 Å². The second-order valence-corrected chi connectivity index (χ2v) is 37.3. The van der Waals surface area contributed by atoms with Crippen LogP contribution in [0, 0.1) is 65.9 Å². The summed E-state index contributed by atoms with van der Waals surface area (Å²) in [4.78, 5) is 8.62. The number of anilines is 4. The Hall–Kier alpha value is -1.44. The molecule has 408 valence electrons. The molecule has 7 rings (SSSR count). The summed E-state index contributed by atoms with van der Waals surface area (Å²) in [7, 11) is 23.0. The molecule has 2 heterocycles. The van der Waals surface area contributed by atoms with E-state index >= 15 is 0 Å². The fourth-order valence-electron chi connectivity index (χ4n) is 10.0. The number of hydrogen-bond donors (Lipinski definition) is 0. The molecule has 0 amide bonds. The van der Waals surface area contributed by atoms with E-state index < -0.39 is 35.1 Å². The second kappa shape index (κ2) is 29.1. The fourth-order valence-corrected chi connectivity index (χ4v) is 18.3. The Morgan fingerprint density at radius 1 is 0.405 bits per heavy atom. The molecule has 0 saturated carbocycles. The van der Waals surface area contributed by atoms with E-state index in [-0.39, 0.29) is 0 Å². The minimum atomic E-state index is -1.85. The molecule has 0 radical (unpaired) electrons. The van der Waals surface area contributed by atoms with Gasteiger partial charge in [0.25, 0.3) is 0 Å². The van der Waals surface area contributed by atoms with E-state index in [1.807, 2.05) is 0 Å². The van der Waals surface area contributed by atoms with Gasteiger partial charge >= 0.3 is 142 Å². The van der Waals surface area contributed by atoms with E-state index in [0.717, 1.165) is 22.2 Å². The number of halogens is 10. The van der Waals surface area contributed by atoms with Crippen molar-refractivity contribution in [3.05, 3.63) is 169 Å². The van der Waals surface area contributed by atoms with Crippen LogP contribution in [0.4, 0.5) is 22.7 Å². The molecular weight excluding hydrogens is 1310 g/mol. The van der Waals surface area contributed by atoms with Crippen molar-refractivity contribution in [2.45, 2.75) is 155 Å². The molecule has 0 bridgehead atoms. The first-order valence-corrected chi connectivity index (χ1v) is 40.3. The van der Waals surface area contributed by atoms with Gasteiger partial charge in [-0.05, 0) is 110 Å². The van der Waals surface area contributed by atoms with Crippen LogP contribution in [0.3, 0.4) is 0 Å². The van der Waals surface area contributed by atoms with Gasteiger partial charge in [-0.3, -0.25) is 0 Å². The first kappa shape index (κ1) is 65.1. The average molecular weight is 1390 g/mol. The number of nitrogens with zero attached hydrogens (tertiary/aromatic N) is 4. The first-order chi connectivity index (χ1) is 34.5. The zero-order valence-corrected chi connectivity index (χ0v) is 57.0. The van der Waals surface area contributed by atoms with Crippen LogP contribution in [0.2, 0.25) is 0 Å². The summed E-state index contributed by atoms with van der Waals surface area (Å²) in [6, 6.07) is 26.2. The predicted molar refractivity (Wildman–Crippen MR) is 354 cm³/mol. The van der Waals surface area contributed by atoms with Crippen LogP contribution in [0.25, 0.3) is 0 Å². The Balaban J connectivity index is 0.000000244. The van der Waals surface area contributed by atoms with Gasteiger partial charge in [0, 0.05) is 11.4 Å². The maximum absolute atomic E-state index is 6.96. The molecule has 5 aromatic carbocycles. The van der Waals surface area contributed by atoms with E-state index in [1.165, 1.54) is 87.3 Å². The molecule has 2 aliphatic heterocycles. The normalized spacial score (nSPS) is 14.0. The summed E-state index contributed by atoms with van der Waals surface area (Å²) < 4.78 is 2.26. The molecule has 0 atom stereocenters. The van der Waals surface area contributed by atoms with Gasteiger partial charge in [0.2, 0.25) is 0 Å². The average Bonchev–Trinajstić information content (AvgIpc) is 3.73. The molecule has 0 fully saturated rings. The van der Waals surface area contributed by atoms with Crippen molar-refractivity contribution in [1.29, 1.82) is 0 Å². The van der Waals surface area contributed by atoms with Crippen molar-refractivity contribution in [3.8, 4) is 0 Å². The summed E-state index contributed by atoms with van der Waals surface area (Å²) in [5, 5.41) is 2.36. The maximum Gasteiger partial charge on any atom is 0.146 e. The molecule has 74 heavy (non-hydrogen) atoms. The zero-order chi connectivity index (χ0) is 55.8. The van der Waals surface area contributed by atoms with Crippen LogP contribution in [0.15, 0.2) is 93.4 Å². The smallest absolute Gasteiger partial charge is 0.146 e. The molecule has 5 aromatic rings. The number of rotatable bonds is 11. The minimum absolute atomic E-state index is 0.389. The Labute approximate surface area is 496 Å². The molecule has 0 aromatic heterocycles. The largest absolute Gasteiger partial charge is 0.310 e. The van der Waals surface area contributed by atoms with Gasteiger partial charge in [-0.15, -0.1) is 0 Å². The van der Waals surface area contributed by atoms with Crippen LogP contribution >= 0.6 is 117 Å². The molecule has 0 N–H and O–H groups in total. The van der Waals surface area contributed by atoms with Crippen LogP contribution in [-0.2, 0) is 0 Å². The number of benzene rings is 5. The van der Waals surface area contributed by atoms with E-state index in [9.17, 15) is 0 Å². The summed E-state index contributed by atoms with van der Waals surface area (Å²) in [6.45, 7) is 40.2. The number of alkyl halides is 1. The van der Waals surface area contributed by atoms with Crippen LogP contribution in [0.5, 0.6) is 0 Å². The van der Waals surface area contributed by atoms with Crippen molar-refractivity contribution >= 4 is 140 Å². The van der Waals surface area contributed by atoms with E-state index in [1.54, 1.807) is 0 Å². The van der Waals surface area contributed by atoms with Crippen molar-refractivity contribution < 1.29 is 0 Å².